The predicted octanol–water partition coefficient (Wildman–Crippen LogP) is 6.74. The van der Waals surface area contributed by atoms with Crippen molar-refractivity contribution in [1.82, 2.24) is 5.32 Å². The molecule has 0 amide bonds. The van der Waals surface area contributed by atoms with Crippen molar-refractivity contribution >= 4 is 11.9 Å². The van der Waals surface area contributed by atoms with Gasteiger partial charge in [-0.2, -0.15) is 0 Å². The molecule has 1 rings (SSSR count). The first-order valence-electron chi connectivity index (χ1n) is 14.6. The van der Waals surface area contributed by atoms with Gasteiger partial charge in [-0.1, -0.05) is 117 Å². The third-order valence-corrected chi connectivity index (χ3v) is 6.71. The summed E-state index contributed by atoms with van der Waals surface area (Å²) in [7, 11) is 0. The smallest absolute Gasteiger partial charge is 0.333 e. The van der Waals surface area contributed by atoms with Gasteiger partial charge in [-0.05, 0) is 19.4 Å². The maximum Gasteiger partial charge on any atom is 0.333 e. The fourth-order valence-electron chi connectivity index (χ4n) is 4.49. The molecule has 2 unspecified atom stereocenters. The summed E-state index contributed by atoms with van der Waals surface area (Å²) in [5, 5.41) is 13.4. The first-order chi connectivity index (χ1) is 17.1. The first kappa shape index (κ1) is 31.6. The van der Waals surface area contributed by atoms with Crippen LogP contribution in [0.2, 0.25) is 0 Å². The molecule has 2 N–H and O–H groups in total. The molecule has 204 valence electrons. The van der Waals surface area contributed by atoms with Crippen LogP contribution in [0.25, 0.3) is 0 Å². The molecule has 0 saturated heterocycles. The van der Waals surface area contributed by atoms with Crippen molar-refractivity contribution in [3.05, 3.63) is 11.6 Å². The van der Waals surface area contributed by atoms with Crippen LogP contribution >= 0.6 is 0 Å². The van der Waals surface area contributed by atoms with Crippen molar-refractivity contribution in [2.45, 2.75) is 148 Å². The molecular weight excluding hydrogens is 442 g/mol. The lowest BCUT2D eigenvalue weighted by molar-refractivity contribution is -0.154. The number of hydrogen-bond acceptors (Lipinski definition) is 6. The highest BCUT2D eigenvalue weighted by molar-refractivity contribution is 5.86. The van der Waals surface area contributed by atoms with E-state index in [4.69, 9.17) is 9.47 Å². The van der Waals surface area contributed by atoms with Crippen LogP contribution in [0, 0.1) is 0 Å². The fraction of sp³-hybridized carbons (Fsp3) is 0.862. The predicted molar refractivity (Wildman–Crippen MR) is 142 cm³/mol. The summed E-state index contributed by atoms with van der Waals surface area (Å²) in [5.41, 5.74) is 0.329. The van der Waals surface area contributed by atoms with E-state index in [-0.39, 0.29) is 5.97 Å². The number of rotatable bonds is 24. The molecule has 1 heterocycles. The van der Waals surface area contributed by atoms with Crippen LogP contribution in [0.1, 0.15) is 136 Å². The number of aliphatic hydroxyl groups excluding tert-OH is 1. The molecule has 35 heavy (non-hydrogen) atoms. The van der Waals surface area contributed by atoms with E-state index in [1.165, 1.54) is 96.0 Å². The summed E-state index contributed by atoms with van der Waals surface area (Å²) in [6.07, 6.45) is 21.7. The van der Waals surface area contributed by atoms with Crippen molar-refractivity contribution in [2.75, 3.05) is 13.1 Å². The van der Waals surface area contributed by atoms with Crippen LogP contribution in [-0.2, 0) is 19.1 Å². The molecule has 0 fully saturated rings. The van der Waals surface area contributed by atoms with Gasteiger partial charge in [0, 0.05) is 24.6 Å². The SMILES string of the molecule is CCCCCCCCCCCNCC(OC(=O)CCCCCCCCCCC)C1=CC(=O)OC1O. The number of unbranched alkanes of at least 4 members (excludes halogenated alkanes) is 16. The molecule has 6 heteroatoms. The molecule has 0 aliphatic carbocycles. The van der Waals surface area contributed by atoms with Crippen LogP contribution in [0.5, 0.6) is 0 Å². The van der Waals surface area contributed by atoms with Gasteiger partial charge >= 0.3 is 11.9 Å². The Bertz CT molecular complexity index is 577. The lowest BCUT2D eigenvalue weighted by Crippen LogP contribution is -2.36. The molecule has 0 aromatic carbocycles. The van der Waals surface area contributed by atoms with Crippen molar-refractivity contribution in [3.63, 3.8) is 0 Å². The topological polar surface area (TPSA) is 84.9 Å². The zero-order valence-corrected chi connectivity index (χ0v) is 22.7. The lowest BCUT2D eigenvalue weighted by atomic mass is 10.1. The normalized spacial score (nSPS) is 16.3. The number of esters is 2. The first-order valence-corrected chi connectivity index (χ1v) is 14.6. The van der Waals surface area contributed by atoms with Gasteiger partial charge in [0.25, 0.3) is 0 Å². The molecule has 2 atom stereocenters. The Balaban J connectivity index is 2.23. The molecule has 0 aromatic rings. The van der Waals surface area contributed by atoms with Gasteiger partial charge in [0.15, 0.2) is 0 Å². The second kappa shape index (κ2) is 21.8. The van der Waals surface area contributed by atoms with Gasteiger partial charge in [-0.15, -0.1) is 0 Å². The van der Waals surface area contributed by atoms with Crippen LogP contribution < -0.4 is 5.32 Å². The highest BCUT2D eigenvalue weighted by atomic mass is 16.6. The maximum absolute atomic E-state index is 12.4. The van der Waals surface area contributed by atoms with Crippen LogP contribution in [0.15, 0.2) is 11.6 Å². The lowest BCUT2D eigenvalue weighted by Gasteiger charge is -2.21. The van der Waals surface area contributed by atoms with Gasteiger partial charge < -0.3 is 19.9 Å². The summed E-state index contributed by atoms with van der Waals surface area (Å²) in [6.45, 7) is 5.66. The van der Waals surface area contributed by atoms with Crippen LogP contribution in [-0.4, -0.2) is 42.5 Å². The second-order valence-corrected chi connectivity index (χ2v) is 10.0. The van der Waals surface area contributed by atoms with E-state index >= 15 is 0 Å². The molecular formula is C29H53NO5. The van der Waals surface area contributed by atoms with E-state index in [0.29, 0.717) is 18.5 Å². The summed E-state index contributed by atoms with van der Waals surface area (Å²) in [4.78, 5) is 24.0. The van der Waals surface area contributed by atoms with Crippen molar-refractivity contribution < 1.29 is 24.2 Å². The van der Waals surface area contributed by atoms with E-state index in [9.17, 15) is 14.7 Å². The Morgan fingerprint density at radius 1 is 0.857 bits per heavy atom. The monoisotopic (exact) mass is 495 g/mol. The Labute approximate surface area is 214 Å². The highest BCUT2D eigenvalue weighted by Crippen LogP contribution is 2.20. The van der Waals surface area contributed by atoms with E-state index in [1.54, 1.807) is 0 Å². The van der Waals surface area contributed by atoms with E-state index in [1.807, 2.05) is 0 Å². The minimum Gasteiger partial charge on any atom is -0.456 e. The van der Waals surface area contributed by atoms with Gasteiger partial charge in [-0.3, -0.25) is 4.79 Å². The Morgan fingerprint density at radius 2 is 1.34 bits per heavy atom. The Hall–Kier alpha value is -1.40. The Kier molecular flexibility index (Phi) is 19.7. The summed E-state index contributed by atoms with van der Waals surface area (Å²) >= 11 is 0. The molecule has 1 aliphatic rings. The van der Waals surface area contributed by atoms with Gasteiger partial charge in [-0.25, -0.2) is 4.79 Å². The van der Waals surface area contributed by atoms with Crippen LogP contribution in [0.4, 0.5) is 0 Å². The quantitative estimate of drug-likeness (QED) is 0.114. The molecule has 0 radical (unpaired) electrons. The Morgan fingerprint density at radius 3 is 1.83 bits per heavy atom. The van der Waals surface area contributed by atoms with E-state index < -0.39 is 18.4 Å². The summed E-state index contributed by atoms with van der Waals surface area (Å²) in [6, 6.07) is 0. The minimum atomic E-state index is -1.33. The van der Waals surface area contributed by atoms with E-state index in [0.717, 1.165) is 32.2 Å². The average molecular weight is 496 g/mol. The summed E-state index contributed by atoms with van der Waals surface area (Å²) < 4.78 is 10.5. The van der Waals surface area contributed by atoms with E-state index in [2.05, 4.69) is 19.2 Å². The van der Waals surface area contributed by atoms with Crippen molar-refractivity contribution in [2.24, 2.45) is 0 Å². The standard InChI is InChI=1S/C29H53NO5/c1-3-5-7-9-11-13-15-17-19-21-27(31)34-26(25-23-28(32)35-29(25)33)24-30-22-20-18-16-14-12-10-8-6-4-2/h23,26,29-30,33H,3-22,24H2,1-2H3. The van der Waals surface area contributed by atoms with Gasteiger partial charge in [0.1, 0.15) is 6.10 Å². The fourth-order valence-corrected chi connectivity index (χ4v) is 4.49. The maximum atomic E-state index is 12.4. The molecule has 6 nitrogen and oxygen atoms in total. The average Bonchev–Trinajstić information content (AvgIpc) is 3.18. The number of carbonyl (C=O) groups is 2. The number of aliphatic hydroxyl groups is 1. The van der Waals surface area contributed by atoms with Crippen molar-refractivity contribution in [1.29, 1.82) is 0 Å². The molecule has 0 aromatic heterocycles. The van der Waals surface area contributed by atoms with Crippen molar-refractivity contribution in [3.8, 4) is 0 Å². The number of cyclic esters (lactones) is 1. The van der Waals surface area contributed by atoms with Crippen LogP contribution in [0.3, 0.4) is 0 Å². The second-order valence-electron chi connectivity index (χ2n) is 10.0. The third-order valence-electron chi connectivity index (χ3n) is 6.71. The zero-order chi connectivity index (χ0) is 25.6. The van der Waals surface area contributed by atoms with Gasteiger partial charge in [0.2, 0.25) is 6.29 Å². The number of hydrogen-bond donors (Lipinski definition) is 2. The zero-order valence-electron chi connectivity index (χ0n) is 22.7. The molecule has 0 saturated carbocycles. The molecule has 1 aliphatic heterocycles. The highest BCUT2D eigenvalue weighted by Gasteiger charge is 2.32. The summed E-state index contributed by atoms with van der Waals surface area (Å²) in [5.74, 6) is -0.873. The number of ether oxygens (including phenoxy) is 2. The number of carbonyl (C=O) groups excluding carboxylic acids is 2. The van der Waals surface area contributed by atoms with Gasteiger partial charge in [0.05, 0.1) is 0 Å². The number of nitrogens with one attached hydrogen (secondary N) is 1. The largest absolute Gasteiger partial charge is 0.456 e. The third kappa shape index (κ3) is 16.8. The molecule has 0 bridgehead atoms. The molecule has 0 spiro atoms. The minimum absolute atomic E-state index is 0.282.